The quantitative estimate of drug-likeness (QED) is 0.536. The molecule has 90 valence electrons. The lowest BCUT2D eigenvalue weighted by Gasteiger charge is -2.31. The summed E-state index contributed by atoms with van der Waals surface area (Å²) in [5.74, 6) is 0.353. The molecule has 4 heteroatoms. The second kappa shape index (κ2) is 6.30. The molecule has 4 nitrogen and oxygen atoms in total. The molecule has 0 N–H and O–H groups in total. The van der Waals surface area contributed by atoms with Gasteiger partial charge >= 0.3 is 5.97 Å². The zero-order valence-electron chi connectivity index (χ0n) is 9.78. The number of nitrogens with zero attached hydrogens (tertiary/aromatic N) is 1. The predicted molar refractivity (Wildman–Crippen MR) is 60.8 cm³/mol. The highest BCUT2D eigenvalue weighted by molar-refractivity contribution is 5.87. The molecule has 1 aliphatic heterocycles. The lowest BCUT2D eigenvalue weighted by molar-refractivity contribution is -0.141. The third-order valence-corrected chi connectivity index (χ3v) is 2.93. The van der Waals surface area contributed by atoms with Crippen LogP contribution in [-0.4, -0.2) is 36.5 Å². The van der Waals surface area contributed by atoms with Gasteiger partial charge in [0.25, 0.3) is 0 Å². The first-order valence-electron chi connectivity index (χ1n) is 5.68. The lowest BCUT2D eigenvalue weighted by atomic mass is 9.94. The van der Waals surface area contributed by atoms with E-state index in [-0.39, 0.29) is 11.9 Å². The highest BCUT2D eigenvalue weighted by Gasteiger charge is 2.21. The zero-order chi connectivity index (χ0) is 12.0. The fraction of sp³-hybridized carbons (Fsp3) is 0.667. The first-order chi connectivity index (χ1) is 7.63. The van der Waals surface area contributed by atoms with Crippen LogP contribution in [0.1, 0.15) is 26.2 Å². The molecule has 1 amide bonds. The van der Waals surface area contributed by atoms with Gasteiger partial charge in [-0.2, -0.15) is 0 Å². The average molecular weight is 225 g/mol. The Hall–Kier alpha value is -1.32. The molecular formula is C12H19NO3. The van der Waals surface area contributed by atoms with Crippen molar-refractivity contribution in [3.63, 3.8) is 0 Å². The first kappa shape index (κ1) is 12.7. The molecule has 1 rings (SSSR count). The summed E-state index contributed by atoms with van der Waals surface area (Å²) in [6.45, 7) is 6.97. The van der Waals surface area contributed by atoms with Crippen LogP contribution >= 0.6 is 0 Å². The highest BCUT2D eigenvalue weighted by Crippen LogP contribution is 2.20. The standard InChI is InChI=1S/C12H19NO3/c1-3-12(15)13-7-4-11(5-8-13)6-9-16-10(2)14/h3,11H,1,4-9H2,2H3. The molecule has 0 saturated carbocycles. The average Bonchev–Trinajstić information content (AvgIpc) is 2.28. The van der Waals surface area contributed by atoms with Crippen LogP contribution in [0.3, 0.4) is 0 Å². The normalized spacial score (nSPS) is 16.9. The molecule has 0 atom stereocenters. The summed E-state index contributed by atoms with van der Waals surface area (Å²) in [7, 11) is 0. The SMILES string of the molecule is C=CC(=O)N1CCC(CCOC(C)=O)CC1. The Labute approximate surface area is 96.3 Å². The van der Waals surface area contributed by atoms with Crippen molar-refractivity contribution >= 4 is 11.9 Å². The number of hydrogen-bond acceptors (Lipinski definition) is 3. The fourth-order valence-electron chi connectivity index (χ4n) is 1.94. The number of hydrogen-bond donors (Lipinski definition) is 0. The van der Waals surface area contributed by atoms with Gasteiger partial charge in [0.2, 0.25) is 5.91 Å². The van der Waals surface area contributed by atoms with E-state index in [0.29, 0.717) is 12.5 Å². The van der Waals surface area contributed by atoms with Gasteiger partial charge in [-0.1, -0.05) is 6.58 Å². The van der Waals surface area contributed by atoms with Gasteiger partial charge in [0.05, 0.1) is 6.61 Å². The van der Waals surface area contributed by atoms with E-state index >= 15 is 0 Å². The number of ether oxygens (including phenoxy) is 1. The molecule has 1 saturated heterocycles. The molecule has 16 heavy (non-hydrogen) atoms. The summed E-state index contributed by atoms with van der Waals surface area (Å²) >= 11 is 0. The van der Waals surface area contributed by atoms with E-state index in [4.69, 9.17) is 4.74 Å². The topological polar surface area (TPSA) is 46.6 Å². The molecule has 0 aromatic rings. The lowest BCUT2D eigenvalue weighted by Crippen LogP contribution is -2.37. The van der Waals surface area contributed by atoms with Crippen LogP contribution in [0.25, 0.3) is 0 Å². The minimum absolute atomic E-state index is 0.0124. The number of carbonyl (C=O) groups excluding carboxylic acids is 2. The van der Waals surface area contributed by atoms with Gasteiger partial charge in [0, 0.05) is 20.0 Å². The maximum atomic E-state index is 11.3. The number of esters is 1. The summed E-state index contributed by atoms with van der Waals surface area (Å²) in [6.07, 6.45) is 4.23. The summed E-state index contributed by atoms with van der Waals surface area (Å²) in [4.78, 5) is 23.7. The second-order valence-corrected chi connectivity index (χ2v) is 4.10. The molecule has 0 spiro atoms. The van der Waals surface area contributed by atoms with E-state index in [2.05, 4.69) is 6.58 Å². The van der Waals surface area contributed by atoms with E-state index in [0.717, 1.165) is 32.4 Å². The number of carbonyl (C=O) groups is 2. The van der Waals surface area contributed by atoms with Gasteiger partial charge in [-0.15, -0.1) is 0 Å². The van der Waals surface area contributed by atoms with Crippen molar-refractivity contribution < 1.29 is 14.3 Å². The monoisotopic (exact) mass is 225 g/mol. The van der Waals surface area contributed by atoms with Crippen LogP contribution in [0.2, 0.25) is 0 Å². The molecule has 0 aromatic carbocycles. The largest absolute Gasteiger partial charge is 0.466 e. The first-order valence-corrected chi connectivity index (χ1v) is 5.68. The molecule has 0 aromatic heterocycles. The van der Waals surface area contributed by atoms with E-state index in [1.54, 1.807) is 0 Å². The third-order valence-electron chi connectivity index (χ3n) is 2.93. The minimum Gasteiger partial charge on any atom is -0.466 e. The molecule has 0 unspecified atom stereocenters. The molecule has 0 radical (unpaired) electrons. The van der Waals surface area contributed by atoms with Crippen LogP contribution < -0.4 is 0 Å². The molecule has 0 bridgehead atoms. The Balaban J connectivity index is 2.19. The predicted octanol–water partition coefficient (Wildman–Crippen LogP) is 1.36. The second-order valence-electron chi connectivity index (χ2n) is 4.10. The van der Waals surface area contributed by atoms with E-state index in [1.807, 2.05) is 4.90 Å². The third kappa shape index (κ3) is 4.04. The van der Waals surface area contributed by atoms with Crippen LogP contribution in [-0.2, 0) is 14.3 Å². The van der Waals surface area contributed by atoms with Crippen LogP contribution in [0.5, 0.6) is 0 Å². The summed E-state index contributed by atoms with van der Waals surface area (Å²) < 4.78 is 4.90. The highest BCUT2D eigenvalue weighted by atomic mass is 16.5. The van der Waals surface area contributed by atoms with Crippen LogP contribution in [0.4, 0.5) is 0 Å². The summed E-state index contributed by atoms with van der Waals surface area (Å²) in [5.41, 5.74) is 0. The van der Waals surface area contributed by atoms with Crippen molar-refractivity contribution in [3.05, 3.63) is 12.7 Å². The van der Waals surface area contributed by atoms with E-state index in [9.17, 15) is 9.59 Å². The van der Waals surface area contributed by atoms with Crippen molar-refractivity contribution in [1.82, 2.24) is 4.90 Å². The Morgan fingerprint density at radius 1 is 1.44 bits per heavy atom. The molecule has 1 heterocycles. The maximum absolute atomic E-state index is 11.3. The molecule has 1 fully saturated rings. The van der Waals surface area contributed by atoms with Gasteiger partial charge in [0.15, 0.2) is 0 Å². The Morgan fingerprint density at radius 3 is 2.56 bits per heavy atom. The van der Waals surface area contributed by atoms with E-state index < -0.39 is 0 Å². The fourth-order valence-corrected chi connectivity index (χ4v) is 1.94. The summed E-state index contributed by atoms with van der Waals surface area (Å²) in [5, 5.41) is 0. The van der Waals surface area contributed by atoms with Gasteiger partial charge in [-0.3, -0.25) is 9.59 Å². The number of amides is 1. The van der Waals surface area contributed by atoms with Gasteiger partial charge in [0.1, 0.15) is 0 Å². The van der Waals surface area contributed by atoms with Crippen molar-refractivity contribution in [2.75, 3.05) is 19.7 Å². The molecule has 1 aliphatic rings. The number of rotatable bonds is 4. The molecule has 0 aliphatic carbocycles. The van der Waals surface area contributed by atoms with Crippen LogP contribution in [0.15, 0.2) is 12.7 Å². The number of piperidine rings is 1. The van der Waals surface area contributed by atoms with Crippen molar-refractivity contribution in [1.29, 1.82) is 0 Å². The van der Waals surface area contributed by atoms with Crippen LogP contribution in [0, 0.1) is 5.92 Å². The maximum Gasteiger partial charge on any atom is 0.302 e. The van der Waals surface area contributed by atoms with Gasteiger partial charge in [-0.25, -0.2) is 0 Å². The zero-order valence-corrected chi connectivity index (χ0v) is 9.78. The van der Waals surface area contributed by atoms with Crippen molar-refractivity contribution in [3.8, 4) is 0 Å². The van der Waals surface area contributed by atoms with E-state index in [1.165, 1.54) is 13.0 Å². The Bertz CT molecular complexity index is 267. The van der Waals surface area contributed by atoms with Crippen molar-refractivity contribution in [2.24, 2.45) is 5.92 Å². The Morgan fingerprint density at radius 2 is 2.06 bits per heavy atom. The minimum atomic E-state index is -0.223. The molecular weight excluding hydrogens is 206 g/mol. The Kier molecular flexibility index (Phi) is 5.02. The number of likely N-dealkylation sites (tertiary alicyclic amines) is 1. The smallest absolute Gasteiger partial charge is 0.302 e. The van der Waals surface area contributed by atoms with Gasteiger partial charge < -0.3 is 9.64 Å². The summed E-state index contributed by atoms with van der Waals surface area (Å²) in [6, 6.07) is 0. The van der Waals surface area contributed by atoms with Crippen molar-refractivity contribution in [2.45, 2.75) is 26.2 Å². The van der Waals surface area contributed by atoms with Gasteiger partial charge in [-0.05, 0) is 31.3 Å².